The van der Waals surface area contributed by atoms with Gasteiger partial charge in [0.2, 0.25) is 11.8 Å². The highest BCUT2D eigenvalue weighted by atomic mass is 32.2. The molecule has 0 bridgehead atoms. The predicted octanol–water partition coefficient (Wildman–Crippen LogP) is 0.227. The second-order valence-electron chi connectivity index (χ2n) is 12.6. The fourth-order valence-corrected chi connectivity index (χ4v) is 8.03. The Bertz CT molecular complexity index is 1240. The highest BCUT2D eigenvalue weighted by Crippen LogP contribution is 2.33. The van der Waals surface area contributed by atoms with E-state index in [0.717, 1.165) is 25.0 Å². The number of carbonyl (C=O) groups excluding carboxylic acids is 6. The van der Waals surface area contributed by atoms with E-state index >= 15 is 0 Å². The van der Waals surface area contributed by atoms with E-state index in [2.05, 4.69) is 21.3 Å². The second-order valence-corrected chi connectivity index (χ2v) is 15.4. The zero-order valence-electron chi connectivity index (χ0n) is 27.0. The monoisotopic (exact) mass is 705 g/mol. The molecule has 3 saturated heterocycles. The molecule has 5 N–H and O–H groups in total. The molecule has 3 aliphatic heterocycles. The maximum Gasteiger partial charge on any atom is 0.333 e. The van der Waals surface area contributed by atoms with Crippen LogP contribution in [0.3, 0.4) is 0 Å². The minimum absolute atomic E-state index is 0.00741. The van der Waals surface area contributed by atoms with Crippen molar-refractivity contribution in [2.75, 3.05) is 51.3 Å². The van der Waals surface area contributed by atoms with Gasteiger partial charge in [-0.1, -0.05) is 6.42 Å². The third-order valence-corrected chi connectivity index (χ3v) is 10.9. The van der Waals surface area contributed by atoms with Crippen molar-refractivity contribution >= 4 is 57.5 Å². The van der Waals surface area contributed by atoms with Crippen LogP contribution in [0.4, 0.5) is 4.79 Å². The summed E-state index contributed by atoms with van der Waals surface area (Å²) < 4.78 is 32.1. The van der Waals surface area contributed by atoms with Crippen LogP contribution in [0.2, 0.25) is 0 Å². The third-order valence-electron chi connectivity index (χ3n) is 8.56. The van der Waals surface area contributed by atoms with Crippen LogP contribution in [0.15, 0.2) is 0 Å². The van der Waals surface area contributed by atoms with E-state index in [1.165, 1.54) is 0 Å². The number of unbranched alkanes of at least 4 members (excludes halogenated alkanes) is 1. The Morgan fingerprint density at radius 2 is 1.49 bits per heavy atom. The van der Waals surface area contributed by atoms with Crippen molar-refractivity contribution in [3.63, 3.8) is 0 Å². The largest absolute Gasteiger partial charge is 0.356 e. The standard InChI is InChI=1S/C29H48N6O10S2/c1-35(18-7-19-47(42,43)44,17-6-15-31-24(37)10-4-11-27(40)45-34-25(38)12-13-26(34)39)16-5-14-30-23(36)9-3-2-8-22-28-21(20-46-22)32-29(41)33-28/h21-22,28H,2-20H2,1H3,(H4-,30,31,32,33,36,37,41,42,43,44)/p+1. The average molecular weight is 706 g/mol. The van der Waals surface area contributed by atoms with Crippen molar-refractivity contribution in [2.24, 2.45) is 0 Å². The molecular weight excluding hydrogens is 656 g/mol. The highest BCUT2D eigenvalue weighted by Gasteiger charge is 2.42. The molecule has 0 aliphatic carbocycles. The van der Waals surface area contributed by atoms with E-state index < -0.39 is 27.9 Å². The normalized spacial score (nSPS) is 22.0. The number of hydrogen-bond acceptors (Lipinski definition) is 10. The van der Waals surface area contributed by atoms with Gasteiger partial charge in [0, 0.05) is 75.5 Å². The van der Waals surface area contributed by atoms with Crippen LogP contribution < -0.4 is 21.3 Å². The topological polar surface area (TPSA) is 217 Å². The van der Waals surface area contributed by atoms with Crippen molar-refractivity contribution in [1.82, 2.24) is 26.3 Å². The molecule has 4 unspecified atom stereocenters. The molecule has 266 valence electrons. The number of quaternary nitrogens is 1. The van der Waals surface area contributed by atoms with Gasteiger partial charge in [-0.3, -0.25) is 23.7 Å². The van der Waals surface area contributed by atoms with Gasteiger partial charge in [0.15, 0.2) is 0 Å². The van der Waals surface area contributed by atoms with Crippen LogP contribution in [0.5, 0.6) is 0 Å². The summed E-state index contributed by atoms with van der Waals surface area (Å²) in [6, 6.07) is 0.249. The first-order chi connectivity index (χ1) is 22.2. The van der Waals surface area contributed by atoms with Crippen LogP contribution in [0.1, 0.15) is 77.0 Å². The number of hydroxylamine groups is 2. The van der Waals surface area contributed by atoms with Crippen LogP contribution in [-0.2, 0) is 38.9 Å². The smallest absolute Gasteiger partial charge is 0.333 e. The van der Waals surface area contributed by atoms with Gasteiger partial charge in [-0.25, -0.2) is 9.59 Å². The van der Waals surface area contributed by atoms with E-state index in [4.69, 9.17) is 9.39 Å². The van der Waals surface area contributed by atoms with Gasteiger partial charge in [0.25, 0.3) is 21.9 Å². The quantitative estimate of drug-likeness (QED) is 0.0338. The van der Waals surface area contributed by atoms with Crippen molar-refractivity contribution in [2.45, 2.75) is 94.4 Å². The number of hydrogen-bond donors (Lipinski definition) is 5. The van der Waals surface area contributed by atoms with Gasteiger partial charge in [-0.2, -0.15) is 20.2 Å². The highest BCUT2D eigenvalue weighted by molar-refractivity contribution is 8.00. The lowest BCUT2D eigenvalue weighted by atomic mass is 10.0. The Hall–Kier alpha value is -2.96. The first-order valence-corrected chi connectivity index (χ1v) is 19.0. The number of amides is 6. The summed E-state index contributed by atoms with van der Waals surface area (Å²) in [5.41, 5.74) is 0. The fourth-order valence-electron chi connectivity index (χ4n) is 5.99. The average Bonchev–Trinajstić information content (AvgIpc) is 3.65. The molecule has 0 aromatic heterocycles. The van der Waals surface area contributed by atoms with E-state index in [0.29, 0.717) is 66.8 Å². The molecule has 3 heterocycles. The van der Waals surface area contributed by atoms with Crippen LogP contribution in [0.25, 0.3) is 0 Å². The number of fused-ring (bicyclic) bond motifs is 1. The van der Waals surface area contributed by atoms with E-state index in [9.17, 15) is 37.2 Å². The lowest BCUT2D eigenvalue weighted by molar-refractivity contribution is -0.909. The number of nitrogens with one attached hydrogen (secondary N) is 4. The molecule has 3 fully saturated rings. The van der Waals surface area contributed by atoms with Gasteiger partial charge in [-0.15, -0.1) is 5.06 Å². The molecule has 0 aromatic rings. The molecule has 47 heavy (non-hydrogen) atoms. The van der Waals surface area contributed by atoms with E-state index in [1.807, 2.05) is 18.8 Å². The maximum absolute atomic E-state index is 12.4. The van der Waals surface area contributed by atoms with Crippen molar-refractivity contribution in [1.29, 1.82) is 0 Å². The van der Waals surface area contributed by atoms with Crippen molar-refractivity contribution < 1.29 is 51.1 Å². The SMILES string of the molecule is C[N+](CCCNC(=O)CCCCC1SCC2NC(=O)NC21)(CCCNC(=O)CCCC(=O)ON1C(=O)CCC1=O)CCCS(=O)(=O)O. The summed E-state index contributed by atoms with van der Waals surface area (Å²) >= 11 is 1.86. The van der Waals surface area contributed by atoms with Crippen LogP contribution >= 0.6 is 11.8 Å². The van der Waals surface area contributed by atoms with Gasteiger partial charge < -0.3 is 30.6 Å². The molecule has 0 spiro atoms. The lowest BCUT2D eigenvalue weighted by Gasteiger charge is -2.35. The molecule has 0 radical (unpaired) electrons. The molecule has 3 aliphatic rings. The molecule has 16 nitrogen and oxygen atoms in total. The molecular formula is C29H49N6O10S2+. The Labute approximate surface area is 280 Å². The van der Waals surface area contributed by atoms with Crippen molar-refractivity contribution in [3.05, 3.63) is 0 Å². The number of imide groups is 1. The number of thioether (sulfide) groups is 1. The first-order valence-electron chi connectivity index (χ1n) is 16.3. The van der Waals surface area contributed by atoms with E-state index in [1.54, 1.807) is 0 Å². The zero-order valence-corrected chi connectivity index (χ0v) is 28.6. The number of carbonyl (C=O) groups is 6. The summed E-state index contributed by atoms with van der Waals surface area (Å²) in [4.78, 5) is 75.9. The summed E-state index contributed by atoms with van der Waals surface area (Å²) in [6.07, 6.45) is 4.71. The lowest BCUT2D eigenvalue weighted by Crippen LogP contribution is -2.48. The number of nitrogens with zero attached hydrogens (tertiary/aromatic N) is 2. The fraction of sp³-hybridized carbons (Fsp3) is 0.793. The molecule has 4 atom stereocenters. The van der Waals surface area contributed by atoms with Gasteiger partial charge >= 0.3 is 12.0 Å². The zero-order chi connectivity index (χ0) is 34.5. The molecule has 3 rings (SSSR count). The molecule has 6 amide bonds. The predicted molar refractivity (Wildman–Crippen MR) is 172 cm³/mol. The Morgan fingerprint density at radius 1 is 0.894 bits per heavy atom. The second kappa shape index (κ2) is 18.5. The Kier molecular flexibility index (Phi) is 15.2. The summed E-state index contributed by atoms with van der Waals surface area (Å²) in [6.45, 7) is 2.62. The van der Waals surface area contributed by atoms with Gasteiger partial charge in [0.1, 0.15) is 0 Å². The van der Waals surface area contributed by atoms with Gasteiger partial charge in [-0.05, 0) is 19.3 Å². The minimum atomic E-state index is -4.09. The van der Waals surface area contributed by atoms with Gasteiger partial charge in [0.05, 0.1) is 44.5 Å². The third kappa shape index (κ3) is 14.0. The summed E-state index contributed by atoms with van der Waals surface area (Å²) in [7, 11) is -2.11. The minimum Gasteiger partial charge on any atom is -0.356 e. The number of urea groups is 1. The van der Waals surface area contributed by atoms with Crippen molar-refractivity contribution in [3.8, 4) is 0 Å². The summed E-state index contributed by atoms with van der Waals surface area (Å²) in [5.74, 6) is -1.60. The van der Waals surface area contributed by atoms with E-state index in [-0.39, 0.29) is 74.2 Å². The van der Waals surface area contributed by atoms with Crippen LogP contribution in [0, 0.1) is 0 Å². The summed E-state index contributed by atoms with van der Waals surface area (Å²) in [5, 5.41) is 12.5. The Morgan fingerprint density at radius 3 is 2.11 bits per heavy atom. The first kappa shape index (κ1) is 38.5. The molecule has 0 aromatic carbocycles. The Balaban J connectivity index is 1.28. The number of rotatable bonds is 22. The maximum atomic E-state index is 12.4. The molecule has 18 heteroatoms. The molecule has 0 saturated carbocycles. The van der Waals surface area contributed by atoms with Crippen LogP contribution in [-0.4, -0.2) is 127 Å².